The molecule has 2 N–H and O–H groups in total. The van der Waals surface area contributed by atoms with Gasteiger partial charge in [-0.05, 0) is 31.0 Å². The Kier molecular flexibility index (Phi) is 4.43. The zero-order valence-electron chi connectivity index (χ0n) is 9.67. The monoisotopic (exact) mass is 209 g/mol. The molecule has 0 unspecified atom stereocenters. The van der Waals surface area contributed by atoms with Crippen molar-refractivity contribution < 1.29 is 9.47 Å². The lowest BCUT2D eigenvalue weighted by Crippen LogP contribution is -2.07. The fourth-order valence-corrected chi connectivity index (χ4v) is 1.78. The summed E-state index contributed by atoms with van der Waals surface area (Å²) in [5, 5.41) is 0. The van der Waals surface area contributed by atoms with Gasteiger partial charge in [-0.25, -0.2) is 0 Å². The molecule has 0 aliphatic rings. The minimum Gasteiger partial charge on any atom is -0.493 e. The molecule has 1 aromatic rings. The number of aryl methyl sites for hydroxylation is 1. The highest BCUT2D eigenvalue weighted by Gasteiger charge is 2.12. The van der Waals surface area contributed by atoms with Gasteiger partial charge in [-0.1, -0.05) is 13.0 Å². The second kappa shape index (κ2) is 5.61. The van der Waals surface area contributed by atoms with Crippen molar-refractivity contribution >= 4 is 0 Å². The first-order valence-electron chi connectivity index (χ1n) is 5.21. The molecule has 0 spiro atoms. The Balaban J connectivity index is 3.24. The molecule has 0 saturated heterocycles. The molecule has 0 radical (unpaired) electrons. The largest absolute Gasteiger partial charge is 0.493 e. The zero-order valence-corrected chi connectivity index (χ0v) is 9.67. The SMILES string of the molecule is CCc1ccc(OC)c(OC)c1CCN. The number of hydrogen-bond donors (Lipinski definition) is 1. The fourth-order valence-electron chi connectivity index (χ4n) is 1.78. The summed E-state index contributed by atoms with van der Waals surface area (Å²) in [5.41, 5.74) is 8.05. The molecule has 15 heavy (non-hydrogen) atoms. The van der Waals surface area contributed by atoms with Gasteiger partial charge in [-0.3, -0.25) is 0 Å². The van der Waals surface area contributed by atoms with Crippen molar-refractivity contribution in [1.29, 1.82) is 0 Å². The minimum absolute atomic E-state index is 0.622. The number of benzene rings is 1. The molecule has 0 aliphatic heterocycles. The van der Waals surface area contributed by atoms with Crippen LogP contribution in [0.4, 0.5) is 0 Å². The molecule has 0 amide bonds. The second-order valence-corrected chi connectivity index (χ2v) is 3.33. The lowest BCUT2D eigenvalue weighted by Gasteiger charge is -2.15. The van der Waals surface area contributed by atoms with Crippen LogP contribution in [0.15, 0.2) is 12.1 Å². The molecular formula is C12H19NO2. The van der Waals surface area contributed by atoms with E-state index in [1.54, 1.807) is 14.2 Å². The molecule has 3 heteroatoms. The van der Waals surface area contributed by atoms with Crippen molar-refractivity contribution in [3.63, 3.8) is 0 Å². The fraction of sp³-hybridized carbons (Fsp3) is 0.500. The van der Waals surface area contributed by atoms with Crippen LogP contribution in [0.1, 0.15) is 18.1 Å². The quantitative estimate of drug-likeness (QED) is 0.803. The molecule has 1 rings (SSSR count). The van der Waals surface area contributed by atoms with E-state index in [0.717, 1.165) is 24.3 Å². The highest BCUT2D eigenvalue weighted by molar-refractivity contribution is 5.51. The maximum absolute atomic E-state index is 5.60. The van der Waals surface area contributed by atoms with Gasteiger partial charge in [-0.2, -0.15) is 0 Å². The Labute approximate surface area is 91.2 Å². The summed E-state index contributed by atoms with van der Waals surface area (Å²) in [5.74, 6) is 1.60. The van der Waals surface area contributed by atoms with Gasteiger partial charge in [0.15, 0.2) is 11.5 Å². The van der Waals surface area contributed by atoms with Crippen molar-refractivity contribution in [2.75, 3.05) is 20.8 Å². The van der Waals surface area contributed by atoms with Gasteiger partial charge in [0.05, 0.1) is 14.2 Å². The van der Waals surface area contributed by atoms with Crippen molar-refractivity contribution in [2.24, 2.45) is 5.73 Å². The number of rotatable bonds is 5. The predicted octanol–water partition coefficient (Wildman–Crippen LogP) is 1.77. The first-order chi connectivity index (χ1) is 7.28. The Morgan fingerprint density at radius 2 is 1.93 bits per heavy atom. The summed E-state index contributed by atoms with van der Waals surface area (Å²) in [6.07, 6.45) is 1.80. The third kappa shape index (κ3) is 2.42. The van der Waals surface area contributed by atoms with Crippen LogP contribution in [0.25, 0.3) is 0 Å². The summed E-state index contributed by atoms with van der Waals surface area (Å²) in [6.45, 7) is 2.75. The van der Waals surface area contributed by atoms with E-state index < -0.39 is 0 Å². The summed E-state index contributed by atoms with van der Waals surface area (Å²) >= 11 is 0. The molecule has 0 atom stereocenters. The maximum atomic E-state index is 5.60. The Morgan fingerprint density at radius 3 is 2.40 bits per heavy atom. The van der Waals surface area contributed by atoms with Gasteiger partial charge in [0.2, 0.25) is 0 Å². The molecule has 0 fully saturated rings. The van der Waals surface area contributed by atoms with Crippen molar-refractivity contribution in [3.05, 3.63) is 23.3 Å². The van der Waals surface area contributed by atoms with Crippen LogP contribution in [0.2, 0.25) is 0 Å². The molecule has 1 aromatic carbocycles. The summed E-state index contributed by atoms with van der Waals surface area (Å²) in [4.78, 5) is 0. The zero-order chi connectivity index (χ0) is 11.3. The molecule has 0 heterocycles. The van der Waals surface area contributed by atoms with Crippen molar-refractivity contribution in [2.45, 2.75) is 19.8 Å². The van der Waals surface area contributed by atoms with Gasteiger partial charge in [0.25, 0.3) is 0 Å². The van der Waals surface area contributed by atoms with Crippen LogP contribution < -0.4 is 15.2 Å². The van der Waals surface area contributed by atoms with Crippen LogP contribution in [-0.2, 0) is 12.8 Å². The highest BCUT2D eigenvalue weighted by Crippen LogP contribution is 2.33. The smallest absolute Gasteiger partial charge is 0.164 e. The van der Waals surface area contributed by atoms with Crippen molar-refractivity contribution in [3.8, 4) is 11.5 Å². The first-order valence-corrected chi connectivity index (χ1v) is 5.21. The van der Waals surface area contributed by atoms with Gasteiger partial charge in [-0.15, -0.1) is 0 Å². The second-order valence-electron chi connectivity index (χ2n) is 3.33. The average Bonchev–Trinajstić information content (AvgIpc) is 2.28. The van der Waals surface area contributed by atoms with E-state index in [9.17, 15) is 0 Å². The molecule has 0 saturated carbocycles. The lowest BCUT2D eigenvalue weighted by atomic mass is 10.0. The van der Waals surface area contributed by atoms with E-state index in [1.165, 1.54) is 11.1 Å². The molecule has 0 aromatic heterocycles. The van der Waals surface area contributed by atoms with E-state index in [2.05, 4.69) is 13.0 Å². The van der Waals surface area contributed by atoms with E-state index in [0.29, 0.717) is 6.54 Å². The highest BCUT2D eigenvalue weighted by atomic mass is 16.5. The van der Waals surface area contributed by atoms with Crippen LogP contribution in [0, 0.1) is 0 Å². The standard InChI is InChI=1S/C12H19NO2/c1-4-9-5-6-11(14-2)12(15-3)10(9)7-8-13/h5-6H,4,7-8,13H2,1-3H3. The van der Waals surface area contributed by atoms with Crippen LogP contribution >= 0.6 is 0 Å². The molecule has 84 valence electrons. The van der Waals surface area contributed by atoms with Gasteiger partial charge in [0, 0.05) is 5.56 Å². The lowest BCUT2D eigenvalue weighted by molar-refractivity contribution is 0.351. The van der Waals surface area contributed by atoms with E-state index in [-0.39, 0.29) is 0 Å². The van der Waals surface area contributed by atoms with Crippen LogP contribution in [0.5, 0.6) is 11.5 Å². The summed E-state index contributed by atoms with van der Waals surface area (Å²) in [7, 11) is 3.31. The number of nitrogens with two attached hydrogens (primary N) is 1. The molecular weight excluding hydrogens is 190 g/mol. The van der Waals surface area contributed by atoms with E-state index in [4.69, 9.17) is 15.2 Å². The van der Waals surface area contributed by atoms with Crippen molar-refractivity contribution in [1.82, 2.24) is 0 Å². The maximum Gasteiger partial charge on any atom is 0.164 e. The summed E-state index contributed by atoms with van der Waals surface area (Å²) < 4.78 is 10.6. The predicted molar refractivity (Wildman–Crippen MR) is 61.7 cm³/mol. The number of methoxy groups -OCH3 is 2. The molecule has 0 aliphatic carbocycles. The third-order valence-corrected chi connectivity index (χ3v) is 2.52. The van der Waals surface area contributed by atoms with E-state index in [1.807, 2.05) is 6.07 Å². The number of ether oxygens (including phenoxy) is 2. The Hall–Kier alpha value is -1.22. The number of hydrogen-bond acceptors (Lipinski definition) is 3. The normalized spacial score (nSPS) is 10.1. The Morgan fingerprint density at radius 1 is 1.20 bits per heavy atom. The van der Waals surface area contributed by atoms with Gasteiger partial charge in [0.1, 0.15) is 0 Å². The van der Waals surface area contributed by atoms with E-state index >= 15 is 0 Å². The first kappa shape index (κ1) is 11.9. The summed E-state index contributed by atoms with van der Waals surface area (Å²) in [6, 6.07) is 4.02. The van der Waals surface area contributed by atoms with Crippen LogP contribution in [-0.4, -0.2) is 20.8 Å². The van der Waals surface area contributed by atoms with Gasteiger partial charge < -0.3 is 15.2 Å². The minimum atomic E-state index is 0.622. The topological polar surface area (TPSA) is 44.5 Å². The van der Waals surface area contributed by atoms with Gasteiger partial charge >= 0.3 is 0 Å². The molecule has 3 nitrogen and oxygen atoms in total. The molecule has 0 bridgehead atoms. The Bertz CT molecular complexity index is 324. The average molecular weight is 209 g/mol. The third-order valence-electron chi connectivity index (χ3n) is 2.52. The van der Waals surface area contributed by atoms with Crippen LogP contribution in [0.3, 0.4) is 0 Å².